The fraction of sp³-hybridized carbons (Fsp3) is 0.333. The van der Waals surface area contributed by atoms with Crippen LogP contribution in [0.15, 0.2) is 42.5 Å². The second-order valence-corrected chi connectivity index (χ2v) is 6.71. The Morgan fingerprint density at radius 2 is 1.85 bits per heavy atom. The van der Waals surface area contributed by atoms with E-state index in [0.29, 0.717) is 16.7 Å². The van der Waals surface area contributed by atoms with Crippen LogP contribution in [0, 0.1) is 0 Å². The molecular formula is C21H24ClNO4. The van der Waals surface area contributed by atoms with E-state index in [1.54, 1.807) is 12.1 Å². The molecule has 144 valence electrons. The minimum atomic E-state index is -0.980. The van der Waals surface area contributed by atoms with Crippen molar-refractivity contribution >= 4 is 29.2 Å². The van der Waals surface area contributed by atoms with Crippen LogP contribution >= 0.6 is 11.6 Å². The first-order valence-corrected chi connectivity index (χ1v) is 9.19. The Hall–Kier alpha value is -2.53. The van der Waals surface area contributed by atoms with Crippen molar-refractivity contribution in [1.82, 2.24) is 0 Å². The maximum absolute atomic E-state index is 12.5. The van der Waals surface area contributed by atoms with Gasteiger partial charge in [-0.25, -0.2) is 4.79 Å². The molecule has 0 radical (unpaired) electrons. The molecule has 1 amide bonds. The molecule has 5 nitrogen and oxygen atoms in total. The molecule has 6 heteroatoms. The van der Waals surface area contributed by atoms with Crippen LogP contribution in [-0.4, -0.2) is 25.1 Å². The molecule has 2 aromatic rings. The number of carbonyl (C=O) groups excluding carboxylic acids is 2. The molecule has 0 heterocycles. The zero-order chi connectivity index (χ0) is 20.0. The Morgan fingerprint density at radius 3 is 2.52 bits per heavy atom. The number of benzene rings is 2. The highest BCUT2D eigenvalue weighted by Gasteiger charge is 2.22. The maximum atomic E-state index is 12.5. The van der Waals surface area contributed by atoms with Crippen molar-refractivity contribution in [3.8, 4) is 5.75 Å². The number of para-hydroxylation sites is 1. The lowest BCUT2D eigenvalue weighted by Gasteiger charge is -2.18. The number of anilines is 1. The topological polar surface area (TPSA) is 64.6 Å². The lowest BCUT2D eigenvalue weighted by Crippen LogP contribution is -2.30. The van der Waals surface area contributed by atoms with Crippen molar-refractivity contribution in [3.63, 3.8) is 0 Å². The number of carbonyl (C=O) groups is 2. The number of nitrogens with one attached hydrogen (secondary N) is 1. The Labute approximate surface area is 164 Å². The van der Waals surface area contributed by atoms with E-state index in [-0.39, 0.29) is 5.56 Å². The van der Waals surface area contributed by atoms with Gasteiger partial charge in [-0.1, -0.05) is 43.6 Å². The van der Waals surface area contributed by atoms with Crippen molar-refractivity contribution in [2.75, 3.05) is 12.4 Å². The van der Waals surface area contributed by atoms with Gasteiger partial charge in [-0.2, -0.15) is 0 Å². The monoisotopic (exact) mass is 389 g/mol. The molecule has 0 aliphatic rings. The van der Waals surface area contributed by atoms with Crippen LogP contribution in [-0.2, 0) is 9.53 Å². The average Bonchev–Trinajstić information content (AvgIpc) is 2.67. The van der Waals surface area contributed by atoms with Crippen LogP contribution in [0.2, 0.25) is 5.02 Å². The molecule has 0 fully saturated rings. The fourth-order valence-corrected chi connectivity index (χ4v) is 2.78. The summed E-state index contributed by atoms with van der Waals surface area (Å²) in [7, 11) is 1.45. The van der Waals surface area contributed by atoms with Gasteiger partial charge in [0, 0.05) is 10.7 Å². The van der Waals surface area contributed by atoms with Gasteiger partial charge < -0.3 is 14.8 Å². The first-order valence-electron chi connectivity index (χ1n) is 8.81. The highest BCUT2D eigenvalue weighted by atomic mass is 35.5. The van der Waals surface area contributed by atoms with Gasteiger partial charge in [0.1, 0.15) is 11.3 Å². The summed E-state index contributed by atoms with van der Waals surface area (Å²) in [4.78, 5) is 24.9. The molecule has 0 spiro atoms. The summed E-state index contributed by atoms with van der Waals surface area (Å²) in [5.41, 5.74) is 1.94. The lowest BCUT2D eigenvalue weighted by atomic mass is 9.97. The van der Waals surface area contributed by atoms with Crippen LogP contribution in [0.4, 0.5) is 5.69 Å². The smallest absolute Gasteiger partial charge is 0.342 e. The molecular weight excluding hydrogens is 366 g/mol. The molecule has 2 atom stereocenters. The van der Waals surface area contributed by atoms with Crippen molar-refractivity contribution in [3.05, 3.63) is 58.6 Å². The van der Waals surface area contributed by atoms with E-state index in [0.717, 1.165) is 17.7 Å². The van der Waals surface area contributed by atoms with E-state index >= 15 is 0 Å². The largest absolute Gasteiger partial charge is 0.496 e. The Kier molecular flexibility index (Phi) is 7.25. The number of ether oxygens (including phenoxy) is 2. The van der Waals surface area contributed by atoms with Crippen molar-refractivity contribution in [2.45, 2.75) is 39.2 Å². The van der Waals surface area contributed by atoms with E-state index in [1.165, 1.54) is 20.1 Å². The summed E-state index contributed by atoms with van der Waals surface area (Å²) < 4.78 is 10.5. The van der Waals surface area contributed by atoms with Gasteiger partial charge in [0.15, 0.2) is 6.10 Å². The second-order valence-electron chi connectivity index (χ2n) is 6.28. The predicted molar refractivity (Wildman–Crippen MR) is 107 cm³/mol. The zero-order valence-corrected chi connectivity index (χ0v) is 16.7. The van der Waals surface area contributed by atoms with Crippen LogP contribution in [0.3, 0.4) is 0 Å². The highest BCUT2D eigenvalue weighted by Crippen LogP contribution is 2.27. The number of rotatable bonds is 7. The van der Waals surface area contributed by atoms with E-state index in [1.807, 2.05) is 24.3 Å². The van der Waals surface area contributed by atoms with Gasteiger partial charge >= 0.3 is 5.97 Å². The zero-order valence-electron chi connectivity index (χ0n) is 15.9. The first-order chi connectivity index (χ1) is 12.9. The summed E-state index contributed by atoms with van der Waals surface area (Å²) in [6, 6.07) is 12.3. The van der Waals surface area contributed by atoms with Crippen LogP contribution in [0.5, 0.6) is 5.75 Å². The predicted octanol–water partition coefficient (Wildman–Crippen LogP) is 5.05. The van der Waals surface area contributed by atoms with E-state index in [9.17, 15) is 9.59 Å². The minimum Gasteiger partial charge on any atom is -0.496 e. The Bertz CT molecular complexity index is 822. The maximum Gasteiger partial charge on any atom is 0.342 e. The molecule has 0 aliphatic carbocycles. The minimum absolute atomic E-state index is 0.171. The van der Waals surface area contributed by atoms with Gasteiger partial charge in [-0.05, 0) is 49.1 Å². The van der Waals surface area contributed by atoms with Crippen molar-refractivity contribution < 1.29 is 19.1 Å². The molecule has 0 saturated carbocycles. The summed E-state index contributed by atoms with van der Waals surface area (Å²) >= 11 is 5.94. The lowest BCUT2D eigenvalue weighted by molar-refractivity contribution is -0.123. The molecule has 0 bridgehead atoms. The summed E-state index contributed by atoms with van der Waals surface area (Å²) in [6.07, 6.45) is -0.0300. The molecule has 0 saturated heterocycles. The second kappa shape index (κ2) is 9.42. The van der Waals surface area contributed by atoms with Crippen molar-refractivity contribution in [1.29, 1.82) is 0 Å². The molecule has 0 aromatic heterocycles. The van der Waals surface area contributed by atoms with Crippen LogP contribution in [0.1, 0.15) is 49.0 Å². The number of hydrogen-bond donors (Lipinski definition) is 1. The van der Waals surface area contributed by atoms with Gasteiger partial charge in [0.2, 0.25) is 0 Å². The Balaban J connectivity index is 2.11. The van der Waals surface area contributed by atoms with E-state index in [2.05, 4.69) is 19.2 Å². The van der Waals surface area contributed by atoms with Gasteiger partial charge in [0.05, 0.1) is 7.11 Å². The highest BCUT2D eigenvalue weighted by molar-refractivity contribution is 6.31. The van der Waals surface area contributed by atoms with E-state index < -0.39 is 18.0 Å². The van der Waals surface area contributed by atoms with E-state index in [4.69, 9.17) is 21.1 Å². The normalized spacial score (nSPS) is 12.8. The number of esters is 1. The Morgan fingerprint density at radius 1 is 1.15 bits per heavy atom. The fourth-order valence-electron chi connectivity index (χ4n) is 2.61. The average molecular weight is 390 g/mol. The summed E-state index contributed by atoms with van der Waals surface area (Å²) in [6.45, 7) is 5.71. The third-order valence-corrected chi connectivity index (χ3v) is 4.63. The summed E-state index contributed by atoms with van der Waals surface area (Å²) in [5.74, 6) is -0.443. The molecule has 1 N–H and O–H groups in total. The molecule has 0 unspecified atom stereocenters. The molecule has 27 heavy (non-hydrogen) atoms. The number of amides is 1. The van der Waals surface area contributed by atoms with Crippen molar-refractivity contribution in [2.24, 2.45) is 0 Å². The standard InChI is InChI=1S/C21H24ClNO4/c1-5-13(2)16-8-6-7-9-18(16)23-20(24)14(3)27-21(25)17-12-15(22)10-11-19(17)26-4/h6-14H,5H2,1-4H3,(H,23,24)/t13-,14+/m1/s1. The number of halogens is 1. The third kappa shape index (κ3) is 5.23. The van der Waals surface area contributed by atoms with Gasteiger partial charge in [-0.3, -0.25) is 4.79 Å². The van der Waals surface area contributed by atoms with Gasteiger partial charge in [0.25, 0.3) is 5.91 Å². The SMILES string of the molecule is CC[C@@H](C)c1ccccc1NC(=O)[C@H](C)OC(=O)c1cc(Cl)ccc1OC. The van der Waals surface area contributed by atoms with Crippen LogP contribution < -0.4 is 10.1 Å². The number of hydrogen-bond acceptors (Lipinski definition) is 4. The van der Waals surface area contributed by atoms with Crippen LogP contribution in [0.25, 0.3) is 0 Å². The number of methoxy groups -OCH3 is 1. The molecule has 2 rings (SSSR count). The van der Waals surface area contributed by atoms with Gasteiger partial charge in [-0.15, -0.1) is 0 Å². The quantitative estimate of drug-likeness (QED) is 0.673. The third-order valence-electron chi connectivity index (χ3n) is 4.40. The molecule has 2 aromatic carbocycles. The first kappa shape index (κ1) is 20.8. The summed E-state index contributed by atoms with van der Waals surface area (Å²) in [5, 5.41) is 3.23. The molecule has 0 aliphatic heterocycles.